The van der Waals surface area contributed by atoms with Gasteiger partial charge in [0.1, 0.15) is 18.1 Å². The minimum absolute atomic E-state index is 0.0235. The molecular weight excluding hydrogens is 500 g/mol. The van der Waals surface area contributed by atoms with Crippen molar-refractivity contribution >= 4 is 11.3 Å². The topological polar surface area (TPSA) is 40.2 Å². The van der Waals surface area contributed by atoms with Crippen LogP contribution in [0.3, 0.4) is 0 Å². The van der Waals surface area contributed by atoms with Crippen LogP contribution in [-0.4, -0.2) is 40.7 Å². The number of allylic oxidation sites excluding steroid dienone is 1. The quantitative estimate of drug-likeness (QED) is 0.275. The first-order chi connectivity index (χ1) is 18.9. The van der Waals surface area contributed by atoms with Crippen molar-refractivity contribution in [3.05, 3.63) is 95.1 Å². The smallest absolute Gasteiger partial charge is 0.277 e. The summed E-state index contributed by atoms with van der Waals surface area (Å²) in [5, 5.41) is 0. The molecule has 1 heterocycles. The molecule has 0 unspecified atom stereocenters. The van der Waals surface area contributed by atoms with Gasteiger partial charge in [-0.25, -0.2) is 8.78 Å². The van der Waals surface area contributed by atoms with Gasteiger partial charge in [0.15, 0.2) is 6.29 Å². The van der Waals surface area contributed by atoms with Gasteiger partial charge in [-0.05, 0) is 53.8 Å². The number of halogens is 2. The van der Waals surface area contributed by atoms with Gasteiger partial charge < -0.3 is 23.8 Å². The van der Waals surface area contributed by atoms with Crippen LogP contribution in [0.25, 0.3) is 5.57 Å². The first-order valence-electron chi connectivity index (χ1n) is 13.3. The van der Waals surface area contributed by atoms with Gasteiger partial charge in [-0.1, -0.05) is 42.5 Å². The molecular formula is C32H35F2NO4. The molecule has 0 saturated carbocycles. The van der Waals surface area contributed by atoms with Gasteiger partial charge in [0.2, 0.25) is 0 Å². The van der Waals surface area contributed by atoms with Crippen molar-refractivity contribution in [2.45, 2.75) is 38.1 Å². The van der Waals surface area contributed by atoms with E-state index in [1.54, 1.807) is 39.5 Å². The monoisotopic (exact) mass is 535 g/mol. The standard InChI is InChI=1S/C32H35F2NO4/c1-36-30-19-24(35-17-14-23(15-18-35)31(37-2)38-3)9-11-28(30)26-13-16-32(33,34)29-20-25(10-12-27(26)29)39-21-22-7-5-4-6-8-22/h4-13,19-20,23,31H,14-18,21H2,1-3H3. The molecule has 0 amide bonds. The fourth-order valence-electron chi connectivity index (χ4n) is 5.61. The summed E-state index contributed by atoms with van der Waals surface area (Å²) in [6.07, 6.45) is 2.96. The zero-order chi connectivity index (χ0) is 27.4. The van der Waals surface area contributed by atoms with Crippen molar-refractivity contribution in [2.24, 2.45) is 5.92 Å². The highest BCUT2D eigenvalue weighted by Crippen LogP contribution is 2.47. The summed E-state index contributed by atoms with van der Waals surface area (Å²) in [6, 6.07) is 20.7. The molecule has 0 bridgehead atoms. The largest absolute Gasteiger partial charge is 0.496 e. The average molecular weight is 536 g/mol. The summed E-state index contributed by atoms with van der Waals surface area (Å²) in [7, 11) is 4.98. The van der Waals surface area contributed by atoms with Crippen molar-refractivity contribution in [3.8, 4) is 11.5 Å². The normalized spacial score (nSPS) is 17.1. The van der Waals surface area contributed by atoms with E-state index in [0.717, 1.165) is 48.3 Å². The molecule has 5 nitrogen and oxygen atoms in total. The van der Waals surface area contributed by atoms with Crippen molar-refractivity contribution in [3.63, 3.8) is 0 Å². The van der Waals surface area contributed by atoms with E-state index in [0.29, 0.717) is 29.6 Å². The number of anilines is 1. The van der Waals surface area contributed by atoms with E-state index >= 15 is 8.78 Å². The van der Waals surface area contributed by atoms with E-state index in [-0.39, 0.29) is 18.3 Å². The number of nitrogens with zero attached hydrogens (tertiary/aromatic N) is 1. The number of hydrogen-bond acceptors (Lipinski definition) is 5. The summed E-state index contributed by atoms with van der Waals surface area (Å²) in [6.45, 7) is 2.07. The Bertz CT molecular complexity index is 1300. The molecule has 3 aromatic carbocycles. The molecule has 0 atom stereocenters. The summed E-state index contributed by atoms with van der Waals surface area (Å²) < 4.78 is 52.8. The zero-order valence-electron chi connectivity index (χ0n) is 22.7. The van der Waals surface area contributed by atoms with Crippen LogP contribution in [0, 0.1) is 5.92 Å². The summed E-state index contributed by atoms with van der Waals surface area (Å²) >= 11 is 0. The van der Waals surface area contributed by atoms with Gasteiger partial charge in [-0.15, -0.1) is 0 Å². The van der Waals surface area contributed by atoms with Crippen molar-refractivity contribution in [2.75, 3.05) is 39.3 Å². The molecule has 0 N–H and O–H groups in total. The molecule has 0 aromatic heterocycles. The van der Waals surface area contributed by atoms with Crippen molar-refractivity contribution in [1.29, 1.82) is 0 Å². The molecule has 5 rings (SSSR count). The molecule has 206 valence electrons. The van der Waals surface area contributed by atoms with Crippen LogP contribution >= 0.6 is 0 Å². The minimum atomic E-state index is -2.98. The van der Waals surface area contributed by atoms with Crippen molar-refractivity contribution in [1.82, 2.24) is 0 Å². The number of rotatable bonds is 9. The van der Waals surface area contributed by atoms with Gasteiger partial charge in [0.05, 0.1) is 7.11 Å². The molecule has 7 heteroatoms. The lowest BCUT2D eigenvalue weighted by molar-refractivity contribution is -0.141. The SMILES string of the molecule is COc1cc(N2CCC(C(OC)OC)CC2)ccc1C1=CCC(F)(F)c2cc(OCc3ccccc3)ccc21. The Hall–Kier alpha value is -3.42. The lowest BCUT2D eigenvalue weighted by Gasteiger charge is -2.36. The van der Waals surface area contributed by atoms with Crippen LogP contribution in [0.4, 0.5) is 14.5 Å². The summed E-state index contributed by atoms with van der Waals surface area (Å²) in [4.78, 5) is 2.32. The number of fused-ring (bicyclic) bond motifs is 1. The Morgan fingerprint density at radius 3 is 2.31 bits per heavy atom. The second-order valence-electron chi connectivity index (χ2n) is 10.1. The molecule has 1 aliphatic heterocycles. The molecule has 0 spiro atoms. The Kier molecular flexibility index (Phi) is 8.19. The van der Waals surface area contributed by atoms with E-state index in [4.69, 9.17) is 18.9 Å². The zero-order valence-corrected chi connectivity index (χ0v) is 22.7. The van der Waals surface area contributed by atoms with E-state index < -0.39 is 5.92 Å². The Morgan fingerprint density at radius 2 is 1.62 bits per heavy atom. The van der Waals surface area contributed by atoms with Gasteiger partial charge in [-0.2, -0.15) is 0 Å². The average Bonchev–Trinajstić information content (AvgIpc) is 2.97. The van der Waals surface area contributed by atoms with E-state index in [1.165, 1.54) is 6.07 Å². The third-order valence-electron chi connectivity index (χ3n) is 7.72. The van der Waals surface area contributed by atoms with Gasteiger partial charge >= 0.3 is 0 Å². The molecule has 1 aliphatic carbocycles. The molecule has 3 aromatic rings. The third-order valence-corrected chi connectivity index (χ3v) is 7.72. The second kappa shape index (κ2) is 11.8. The van der Waals surface area contributed by atoms with Crippen LogP contribution in [0.2, 0.25) is 0 Å². The van der Waals surface area contributed by atoms with Crippen LogP contribution in [-0.2, 0) is 22.0 Å². The van der Waals surface area contributed by atoms with Gasteiger partial charge in [-0.3, -0.25) is 0 Å². The lowest BCUT2D eigenvalue weighted by Crippen LogP contribution is -2.39. The number of ether oxygens (including phenoxy) is 4. The number of alkyl halides is 2. The molecule has 1 saturated heterocycles. The molecule has 1 fully saturated rings. The summed E-state index contributed by atoms with van der Waals surface area (Å²) in [5.41, 5.74) is 4.04. The Labute approximate surface area is 228 Å². The predicted octanol–water partition coefficient (Wildman–Crippen LogP) is 7.04. The first kappa shape index (κ1) is 27.2. The number of benzene rings is 3. The maximum absolute atomic E-state index is 15.1. The third kappa shape index (κ3) is 5.80. The Morgan fingerprint density at radius 1 is 0.897 bits per heavy atom. The van der Waals surface area contributed by atoms with Crippen molar-refractivity contribution < 1.29 is 27.7 Å². The fraction of sp³-hybridized carbons (Fsp3) is 0.375. The van der Waals surface area contributed by atoms with Crippen LogP contribution in [0.5, 0.6) is 11.5 Å². The number of methoxy groups -OCH3 is 3. The van der Waals surface area contributed by atoms with E-state index in [2.05, 4.69) is 4.90 Å². The summed E-state index contributed by atoms with van der Waals surface area (Å²) in [5.74, 6) is -1.55. The van der Waals surface area contributed by atoms with Crippen LogP contribution in [0.1, 0.15) is 41.5 Å². The highest BCUT2D eigenvalue weighted by atomic mass is 19.3. The number of piperidine rings is 1. The molecule has 2 aliphatic rings. The minimum Gasteiger partial charge on any atom is -0.496 e. The predicted molar refractivity (Wildman–Crippen MR) is 149 cm³/mol. The van der Waals surface area contributed by atoms with Gasteiger partial charge in [0.25, 0.3) is 5.92 Å². The second-order valence-corrected chi connectivity index (χ2v) is 10.1. The highest BCUT2D eigenvalue weighted by molar-refractivity contribution is 5.87. The van der Waals surface area contributed by atoms with Crippen LogP contribution in [0.15, 0.2) is 72.8 Å². The maximum Gasteiger partial charge on any atom is 0.277 e. The Balaban J connectivity index is 1.37. The fourth-order valence-corrected chi connectivity index (χ4v) is 5.61. The molecule has 39 heavy (non-hydrogen) atoms. The first-order valence-corrected chi connectivity index (χ1v) is 13.3. The van der Waals surface area contributed by atoms with Crippen LogP contribution < -0.4 is 14.4 Å². The number of hydrogen-bond donors (Lipinski definition) is 0. The highest BCUT2D eigenvalue weighted by Gasteiger charge is 2.38. The van der Waals surface area contributed by atoms with E-state index in [9.17, 15) is 0 Å². The van der Waals surface area contributed by atoms with E-state index in [1.807, 2.05) is 48.5 Å². The molecule has 0 radical (unpaired) electrons. The lowest BCUT2D eigenvalue weighted by atomic mass is 9.84. The van der Waals surface area contributed by atoms with Gasteiger partial charge in [0, 0.05) is 62.5 Å². The maximum atomic E-state index is 15.1.